The number of ether oxygens (including phenoxy) is 2. The maximum atomic E-state index is 12.3. The van der Waals surface area contributed by atoms with Crippen LogP contribution in [0.3, 0.4) is 0 Å². The number of alkyl halides is 3. The summed E-state index contributed by atoms with van der Waals surface area (Å²) in [5.74, 6) is -1.99. The van der Waals surface area contributed by atoms with Crippen LogP contribution < -0.4 is 9.47 Å². The van der Waals surface area contributed by atoms with Gasteiger partial charge < -0.3 is 14.6 Å². The first-order valence-electron chi connectivity index (χ1n) is 5.05. The first-order valence-corrected chi connectivity index (χ1v) is 5.05. The molecule has 0 atom stereocenters. The van der Waals surface area contributed by atoms with E-state index in [0.717, 1.165) is 0 Å². The number of halogens is 3. The lowest BCUT2D eigenvalue weighted by Crippen LogP contribution is -2.19. The number of benzene rings is 1. The van der Waals surface area contributed by atoms with Crippen LogP contribution in [0, 0.1) is 0 Å². The molecule has 0 bridgehead atoms. The molecule has 7 heteroatoms. The highest BCUT2D eigenvalue weighted by molar-refractivity contribution is 5.72. The second-order valence-corrected chi connectivity index (χ2v) is 3.30. The lowest BCUT2D eigenvalue weighted by molar-refractivity contribution is -0.275. The third-order valence-corrected chi connectivity index (χ3v) is 1.92. The van der Waals surface area contributed by atoms with Gasteiger partial charge in [0.05, 0.1) is 13.0 Å². The summed E-state index contributed by atoms with van der Waals surface area (Å²) in [5.41, 5.74) is -0.0919. The Morgan fingerprint density at radius 2 is 2.06 bits per heavy atom. The van der Waals surface area contributed by atoms with Crippen LogP contribution >= 0.6 is 0 Å². The molecule has 1 rings (SSSR count). The fourth-order valence-corrected chi connectivity index (χ4v) is 1.36. The van der Waals surface area contributed by atoms with Crippen molar-refractivity contribution in [3.8, 4) is 11.5 Å². The molecule has 0 radical (unpaired) electrons. The zero-order valence-corrected chi connectivity index (χ0v) is 9.45. The van der Waals surface area contributed by atoms with E-state index in [4.69, 9.17) is 9.84 Å². The van der Waals surface area contributed by atoms with Crippen LogP contribution in [-0.4, -0.2) is 24.0 Å². The van der Waals surface area contributed by atoms with E-state index in [-0.39, 0.29) is 17.9 Å². The molecule has 100 valence electrons. The van der Waals surface area contributed by atoms with E-state index in [0.29, 0.717) is 0 Å². The van der Waals surface area contributed by atoms with Crippen LogP contribution in [-0.2, 0) is 11.2 Å². The summed E-state index contributed by atoms with van der Waals surface area (Å²) in [7, 11) is 0. The Hall–Kier alpha value is -1.92. The van der Waals surface area contributed by atoms with Gasteiger partial charge in [0, 0.05) is 5.56 Å². The second-order valence-electron chi connectivity index (χ2n) is 3.30. The molecule has 1 aromatic rings. The number of carboxylic acid groups (broad SMARTS) is 1. The van der Waals surface area contributed by atoms with Crippen molar-refractivity contribution >= 4 is 5.97 Å². The molecule has 4 nitrogen and oxygen atoms in total. The summed E-state index contributed by atoms with van der Waals surface area (Å²) in [6.45, 7) is 1.74. The van der Waals surface area contributed by atoms with E-state index in [1.54, 1.807) is 6.92 Å². The van der Waals surface area contributed by atoms with E-state index >= 15 is 0 Å². The highest BCUT2D eigenvalue weighted by Gasteiger charge is 2.34. The number of aliphatic carboxylic acids is 1. The maximum absolute atomic E-state index is 12.3. The highest BCUT2D eigenvalue weighted by Crippen LogP contribution is 2.35. The average molecular weight is 264 g/mol. The molecule has 0 spiro atoms. The molecular weight excluding hydrogens is 253 g/mol. The Kier molecular flexibility index (Phi) is 4.41. The quantitative estimate of drug-likeness (QED) is 0.888. The molecule has 0 aliphatic carbocycles. The fourth-order valence-electron chi connectivity index (χ4n) is 1.36. The van der Waals surface area contributed by atoms with Crippen LogP contribution in [0.2, 0.25) is 0 Å². The van der Waals surface area contributed by atoms with Crippen LogP contribution in [0.25, 0.3) is 0 Å². The number of hydrogen-bond donors (Lipinski definition) is 1. The van der Waals surface area contributed by atoms with E-state index in [2.05, 4.69) is 4.74 Å². The molecule has 1 aromatic carbocycles. The largest absolute Gasteiger partial charge is 0.573 e. The van der Waals surface area contributed by atoms with Crippen LogP contribution in [0.15, 0.2) is 18.2 Å². The Bertz CT molecular complexity index is 429. The van der Waals surface area contributed by atoms with Gasteiger partial charge in [0.25, 0.3) is 0 Å². The molecule has 18 heavy (non-hydrogen) atoms. The monoisotopic (exact) mass is 264 g/mol. The third-order valence-electron chi connectivity index (χ3n) is 1.92. The SMILES string of the molecule is CCOc1cccc(CC(=O)O)c1OC(F)(F)F. The average Bonchev–Trinajstić information content (AvgIpc) is 2.20. The van der Waals surface area contributed by atoms with Crippen molar-refractivity contribution in [3.05, 3.63) is 23.8 Å². The van der Waals surface area contributed by atoms with Crippen molar-refractivity contribution in [2.75, 3.05) is 6.61 Å². The smallest absolute Gasteiger partial charge is 0.490 e. The first kappa shape index (κ1) is 14.1. The first-order chi connectivity index (χ1) is 8.33. The fraction of sp³-hybridized carbons (Fsp3) is 0.364. The van der Waals surface area contributed by atoms with Crippen molar-refractivity contribution in [3.63, 3.8) is 0 Å². The molecule has 0 heterocycles. The van der Waals surface area contributed by atoms with E-state index in [9.17, 15) is 18.0 Å². The molecule has 0 unspecified atom stereocenters. The number of carbonyl (C=O) groups is 1. The van der Waals surface area contributed by atoms with Gasteiger partial charge in [-0.15, -0.1) is 13.2 Å². The Morgan fingerprint density at radius 1 is 1.39 bits per heavy atom. The normalized spacial score (nSPS) is 11.1. The van der Waals surface area contributed by atoms with Crippen LogP contribution in [0.5, 0.6) is 11.5 Å². The molecule has 0 fully saturated rings. The number of para-hydroxylation sites is 1. The van der Waals surface area contributed by atoms with Crippen molar-refractivity contribution in [2.45, 2.75) is 19.7 Å². The standard InChI is InChI=1S/C11H11F3O4/c1-2-17-8-5-3-4-7(6-9(15)16)10(8)18-11(12,13)14/h3-5H,2,6H2,1H3,(H,15,16). The number of rotatable bonds is 5. The topological polar surface area (TPSA) is 55.8 Å². The summed E-state index contributed by atoms with van der Waals surface area (Å²) in [5, 5.41) is 8.63. The summed E-state index contributed by atoms with van der Waals surface area (Å²) >= 11 is 0. The number of carboxylic acids is 1. The minimum absolute atomic E-state index is 0.0919. The van der Waals surface area contributed by atoms with E-state index in [1.165, 1.54) is 18.2 Å². The number of hydrogen-bond acceptors (Lipinski definition) is 3. The molecule has 0 saturated carbocycles. The van der Waals surface area contributed by atoms with Crippen molar-refractivity contribution < 1.29 is 32.5 Å². The molecule has 0 aromatic heterocycles. The van der Waals surface area contributed by atoms with Crippen LogP contribution in [0.4, 0.5) is 13.2 Å². The third kappa shape index (κ3) is 4.15. The lowest BCUT2D eigenvalue weighted by Gasteiger charge is -2.16. The zero-order valence-electron chi connectivity index (χ0n) is 9.45. The Balaban J connectivity index is 3.15. The molecule has 1 N–H and O–H groups in total. The van der Waals surface area contributed by atoms with Gasteiger partial charge >= 0.3 is 12.3 Å². The Morgan fingerprint density at radius 3 is 2.56 bits per heavy atom. The van der Waals surface area contributed by atoms with Crippen molar-refractivity contribution in [1.29, 1.82) is 0 Å². The summed E-state index contributed by atoms with van der Waals surface area (Å²) in [6, 6.07) is 3.94. The van der Waals surface area contributed by atoms with E-state index in [1.807, 2.05) is 0 Å². The van der Waals surface area contributed by atoms with Gasteiger partial charge in [-0.1, -0.05) is 12.1 Å². The lowest BCUT2D eigenvalue weighted by atomic mass is 10.1. The summed E-state index contributed by atoms with van der Waals surface area (Å²) < 4.78 is 45.6. The van der Waals surface area contributed by atoms with Gasteiger partial charge in [-0.05, 0) is 13.0 Å². The Labute approximate surface area is 101 Å². The summed E-state index contributed by atoms with van der Waals surface area (Å²) in [6.07, 6.45) is -5.48. The van der Waals surface area contributed by atoms with Gasteiger partial charge in [-0.25, -0.2) is 0 Å². The highest BCUT2D eigenvalue weighted by atomic mass is 19.4. The van der Waals surface area contributed by atoms with Crippen molar-refractivity contribution in [2.24, 2.45) is 0 Å². The van der Waals surface area contributed by atoms with Gasteiger partial charge in [-0.3, -0.25) is 4.79 Å². The molecular formula is C11H11F3O4. The van der Waals surface area contributed by atoms with Gasteiger partial charge in [-0.2, -0.15) is 0 Å². The van der Waals surface area contributed by atoms with Crippen molar-refractivity contribution in [1.82, 2.24) is 0 Å². The van der Waals surface area contributed by atoms with Crippen LogP contribution in [0.1, 0.15) is 12.5 Å². The minimum Gasteiger partial charge on any atom is -0.490 e. The molecule has 0 aliphatic heterocycles. The second kappa shape index (κ2) is 5.61. The molecule has 0 saturated heterocycles. The van der Waals surface area contributed by atoms with Gasteiger partial charge in [0.15, 0.2) is 11.5 Å². The zero-order chi connectivity index (χ0) is 13.8. The predicted molar refractivity (Wildman–Crippen MR) is 55.6 cm³/mol. The van der Waals surface area contributed by atoms with Gasteiger partial charge in [0.1, 0.15) is 0 Å². The van der Waals surface area contributed by atoms with Gasteiger partial charge in [0.2, 0.25) is 0 Å². The maximum Gasteiger partial charge on any atom is 0.573 e. The molecule has 0 amide bonds. The predicted octanol–water partition coefficient (Wildman–Crippen LogP) is 2.61. The minimum atomic E-state index is -4.90. The molecule has 0 aliphatic rings. The van der Waals surface area contributed by atoms with E-state index < -0.39 is 24.5 Å². The summed E-state index contributed by atoms with van der Waals surface area (Å²) in [4.78, 5) is 10.6.